The summed E-state index contributed by atoms with van der Waals surface area (Å²) in [6, 6.07) is 21.9. The van der Waals surface area contributed by atoms with Gasteiger partial charge in [0.05, 0.1) is 11.9 Å². The van der Waals surface area contributed by atoms with Crippen LogP contribution in [0.15, 0.2) is 72.8 Å². The average Bonchev–Trinajstić information content (AvgIpc) is 2.95. The van der Waals surface area contributed by atoms with Gasteiger partial charge >= 0.3 is 0 Å². The summed E-state index contributed by atoms with van der Waals surface area (Å²) in [4.78, 5) is 29.3. The summed E-state index contributed by atoms with van der Waals surface area (Å²) in [6.07, 6.45) is 2.61. The number of hydrogen-bond acceptors (Lipinski definition) is 4. The maximum atomic E-state index is 14.0. The molecule has 3 aromatic rings. The van der Waals surface area contributed by atoms with Crippen LogP contribution in [0.5, 0.6) is 0 Å². The van der Waals surface area contributed by atoms with Gasteiger partial charge in [-0.3, -0.25) is 13.9 Å². The molecule has 0 saturated heterocycles. The van der Waals surface area contributed by atoms with E-state index in [2.05, 4.69) is 5.32 Å². The second kappa shape index (κ2) is 15.2. The minimum atomic E-state index is -3.63. The Bertz CT molecular complexity index is 1450. The number of halogens is 1. The topological polar surface area (TPSA) is 86.8 Å². The SMILES string of the molecule is CC[C@@H](C)NC(=O)[C@@H](Cc1ccccc1)N(Cc1ccc(C)cc1)C(=O)CCCN(c1cc(Cl)ccc1C)S(C)(=O)=O. The standard InChI is InChI=1S/C33H42ClN3O4S/c1-6-26(4)35-33(39)31(21-27-11-8-7-9-12-27)36(23-28-17-14-24(2)15-18-28)32(38)13-10-20-37(42(5,40)41)30-22-29(34)19-16-25(30)3/h7-9,11-12,14-19,22,26,31H,6,10,13,20-21,23H2,1-5H3,(H,35,39)/t26-,31-/m1/s1. The third-order valence-electron chi connectivity index (χ3n) is 7.34. The number of nitrogens with one attached hydrogen (secondary N) is 1. The molecule has 3 rings (SSSR count). The number of rotatable bonds is 14. The molecule has 0 heterocycles. The number of amides is 2. The molecule has 42 heavy (non-hydrogen) atoms. The minimum absolute atomic E-state index is 0.0450. The largest absolute Gasteiger partial charge is 0.352 e. The number of sulfonamides is 1. The fraction of sp³-hybridized carbons (Fsp3) is 0.394. The molecule has 1 N–H and O–H groups in total. The van der Waals surface area contributed by atoms with Crippen molar-refractivity contribution < 1.29 is 18.0 Å². The first-order valence-corrected chi connectivity index (χ1v) is 16.5. The number of nitrogens with zero attached hydrogens (tertiary/aromatic N) is 2. The zero-order valence-corrected chi connectivity index (χ0v) is 26.7. The highest BCUT2D eigenvalue weighted by Gasteiger charge is 2.31. The van der Waals surface area contributed by atoms with E-state index in [1.54, 1.807) is 23.1 Å². The van der Waals surface area contributed by atoms with Gasteiger partial charge in [-0.2, -0.15) is 0 Å². The third-order valence-corrected chi connectivity index (χ3v) is 8.75. The van der Waals surface area contributed by atoms with Crippen LogP contribution >= 0.6 is 11.6 Å². The first kappa shape index (κ1) is 33.1. The van der Waals surface area contributed by atoms with E-state index >= 15 is 0 Å². The highest BCUT2D eigenvalue weighted by Crippen LogP contribution is 2.27. The molecule has 0 spiro atoms. The van der Waals surface area contributed by atoms with Gasteiger partial charge in [0.15, 0.2) is 0 Å². The summed E-state index contributed by atoms with van der Waals surface area (Å²) in [7, 11) is -3.63. The molecule has 9 heteroatoms. The fourth-order valence-corrected chi connectivity index (χ4v) is 5.90. The predicted octanol–water partition coefficient (Wildman–Crippen LogP) is 6.06. The van der Waals surface area contributed by atoms with E-state index in [9.17, 15) is 18.0 Å². The van der Waals surface area contributed by atoms with Crippen molar-refractivity contribution in [2.45, 2.75) is 72.0 Å². The predicted molar refractivity (Wildman–Crippen MR) is 171 cm³/mol. The number of hydrogen-bond donors (Lipinski definition) is 1. The Balaban J connectivity index is 1.90. The van der Waals surface area contributed by atoms with Crippen molar-refractivity contribution in [1.29, 1.82) is 0 Å². The van der Waals surface area contributed by atoms with Gasteiger partial charge in [0.25, 0.3) is 0 Å². The van der Waals surface area contributed by atoms with Crippen molar-refractivity contribution in [3.63, 3.8) is 0 Å². The van der Waals surface area contributed by atoms with Crippen molar-refractivity contribution in [3.05, 3.63) is 100 Å². The molecule has 0 fully saturated rings. The minimum Gasteiger partial charge on any atom is -0.352 e. The van der Waals surface area contributed by atoms with E-state index < -0.39 is 16.1 Å². The van der Waals surface area contributed by atoms with Crippen molar-refractivity contribution in [1.82, 2.24) is 10.2 Å². The highest BCUT2D eigenvalue weighted by molar-refractivity contribution is 7.92. The van der Waals surface area contributed by atoms with Gasteiger partial charge in [-0.25, -0.2) is 8.42 Å². The summed E-state index contributed by atoms with van der Waals surface area (Å²) in [5.74, 6) is -0.423. The Morgan fingerprint density at radius 1 is 0.952 bits per heavy atom. The second-order valence-corrected chi connectivity index (χ2v) is 13.2. The molecule has 2 atom stereocenters. The van der Waals surface area contributed by atoms with Gasteiger partial charge in [-0.1, -0.05) is 84.8 Å². The summed E-state index contributed by atoms with van der Waals surface area (Å²) < 4.78 is 26.8. The van der Waals surface area contributed by atoms with Crippen LogP contribution in [0.2, 0.25) is 5.02 Å². The molecule has 0 aliphatic rings. The van der Waals surface area contributed by atoms with Crippen LogP contribution in [0.4, 0.5) is 5.69 Å². The van der Waals surface area contributed by atoms with Crippen molar-refractivity contribution in [2.24, 2.45) is 0 Å². The van der Waals surface area contributed by atoms with Crippen LogP contribution < -0.4 is 9.62 Å². The summed E-state index contributed by atoms with van der Waals surface area (Å²) in [5, 5.41) is 3.51. The molecule has 0 radical (unpaired) electrons. The lowest BCUT2D eigenvalue weighted by molar-refractivity contribution is -0.141. The number of carbonyl (C=O) groups excluding carboxylic acids is 2. The molecule has 2 amide bonds. The van der Waals surface area contributed by atoms with Gasteiger partial charge < -0.3 is 10.2 Å². The number of anilines is 1. The Hall–Kier alpha value is -3.36. The molecule has 226 valence electrons. The highest BCUT2D eigenvalue weighted by atomic mass is 35.5. The molecule has 0 aromatic heterocycles. The quantitative estimate of drug-likeness (QED) is 0.240. The molecular formula is C33H42ClN3O4S. The van der Waals surface area contributed by atoms with E-state index in [4.69, 9.17) is 11.6 Å². The Morgan fingerprint density at radius 3 is 2.24 bits per heavy atom. The van der Waals surface area contributed by atoms with Crippen molar-refractivity contribution >= 4 is 39.1 Å². The van der Waals surface area contributed by atoms with Crippen LogP contribution in [-0.2, 0) is 32.6 Å². The molecule has 7 nitrogen and oxygen atoms in total. The number of benzene rings is 3. The van der Waals surface area contributed by atoms with Crippen molar-refractivity contribution in [3.8, 4) is 0 Å². The summed E-state index contributed by atoms with van der Waals surface area (Å²) >= 11 is 6.18. The van der Waals surface area contributed by atoms with Gasteiger partial charge in [0, 0.05) is 37.0 Å². The van der Waals surface area contributed by atoms with Crippen LogP contribution in [0.1, 0.15) is 55.4 Å². The van der Waals surface area contributed by atoms with Crippen LogP contribution in [0.25, 0.3) is 0 Å². The monoisotopic (exact) mass is 611 g/mol. The fourth-order valence-electron chi connectivity index (χ4n) is 4.72. The summed E-state index contributed by atoms with van der Waals surface area (Å²) in [5.41, 5.74) is 4.22. The normalized spacial score (nSPS) is 12.8. The lowest BCUT2D eigenvalue weighted by Gasteiger charge is -2.33. The Labute approximate surface area is 255 Å². The average molecular weight is 612 g/mol. The van der Waals surface area contributed by atoms with E-state index in [0.29, 0.717) is 17.1 Å². The maximum absolute atomic E-state index is 14.0. The number of carbonyl (C=O) groups is 2. The van der Waals surface area contributed by atoms with Gasteiger partial charge in [0.1, 0.15) is 6.04 Å². The molecule has 3 aromatic carbocycles. The first-order chi connectivity index (χ1) is 19.9. The van der Waals surface area contributed by atoms with Crippen molar-refractivity contribution in [2.75, 3.05) is 17.1 Å². The molecule has 0 aliphatic heterocycles. The Kier molecular flexibility index (Phi) is 12.0. The van der Waals surface area contributed by atoms with Crippen LogP contribution in [0, 0.1) is 13.8 Å². The molecule has 0 bridgehead atoms. The van der Waals surface area contributed by atoms with Crippen LogP contribution in [0.3, 0.4) is 0 Å². The molecule has 0 aliphatic carbocycles. The lowest BCUT2D eigenvalue weighted by atomic mass is 10.0. The van der Waals surface area contributed by atoms with E-state index in [-0.39, 0.29) is 43.8 Å². The maximum Gasteiger partial charge on any atom is 0.243 e. The number of aryl methyl sites for hydroxylation is 2. The van der Waals surface area contributed by atoms with E-state index in [1.807, 2.05) is 82.3 Å². The summed E-state index contributed by atoms with van der Waals surface area (Å²) in [6.45, 7) is 8.13. The van der Waals surface area contributed by atoms with Crippen LogP contribution in [-0.4, -0.2) is 50.0 Å². The zero-order chi connectivity index (χ0) is 30.9. The molecule has 0 saturated carbocycles. The zero-order valence-electron chi connectivity index (χ0n) is 25.1. The molecule has 0 unspecified atom stereocenters. The molecular weight excluding hydrogens is 570 g/mol. The van der Waals surface area contributed by atoms with E-state index in [0.717, 1.165) is 34.9 Å². The third kappa shape index (κ3) is 9.60. The smallest absolute Gasteiger partial charge is 0.243 e. The van der Waals surface area contributed by atoms with Gasteiger partial charge in [-0.05, 0) is 62.4 Å². The second-order valence-electron chi connectivity index (χ2n) is 10.9. The lowest BCUT2D eigenvalue weighted by Crippen LogP contribution is -2.52. The first-order valence-electron chi connectivity index (χ1n) is 14.3. The Morgan fingerprint density at radius 2 is 1.62 bits per heavy atom. The van der Waals surface area contributed by atoms with E-state index in [1.165, 1.54) is 4.31 Å². The van der Waals surface area contributed by atoms with Gasteiger partial charge in [-0.15, -0.1) is 0 Å². The van der Waals surface area contributed by atoms with Gasteiger partial charge in [0.2, 0.25) is 21.8 Å².